The molecule has 2 rings (SSSR count). The summed E-state index contributed by atoms with van der Waals surface area (Å²) in [5, 5.41) is 11.0. The molecule has 1 unspecified atom stereocenters. The molecule has 1 atom stereocenters. The number of aliphatic carboxylic acids is 1. The molecule has 100 valence electrons. The summed E-state index contributed by atoms with van der Waals surface area (Å²) in [7, 11) is 1.51. The number of anilines is 1. The van der Waals surface area contributed by atoms with Crippen molar-refractivity contribution in [3.8, 4) is 5.75 Å². The summed E-state index contributed by atoms with van der Waals surface area (Å²) in [5.74, 6) is -1.12. The van der Waals surface area contributed by atoms with Gasteiger partial charge < -0.3 is 15.2 Å². The Morgan fingerprint density at radius 2 is 2.00 bits per heavy atom. The van der Waals surface area contributed by atoms with Crippen LogP contribution in [0, 0.1) is 0 Å². The Balaban J connectivity index is 2.21. The second-order valence-electron chi connectivity index (χ2n) is 3.97. The van der Waals surface area contributed by atoms with Crippen molar-refractivity contribution in [2.45, 2.75) is 12.5 Å². The first-order valence-electron chi connectivity index (χ1n) is 5.53. The number of hydrogen-bond acceptors (Lipinski definition) is 4. The van der Waals surface area contributed by atoms with Crippen LogP contribution in [0.1, 0.15) is 6.42 Å². The summed E-state index contributed by atoms with van der Waals surface area (Å²) in [5.41, 5.74) is 0.371. The van der Waals surface area contributed by atoms with Gasteiger partial charge in [0.05, 0.1) is 19.2 Å². The number of rotatable bonds is 4. The van der Waals surface area contributed by atoms with Crippen molar-refractivity contribution < 1.29 is 24.2 Å². The lowest BCUT2D eigenvalue weighted by Gasteiger charge is -2.13. The van der Waals surface area contributed by atoms with Gasteiger partial charge >= 0.3 is 12.0 Å². The van der Waals surface area contributed by atoms with Crippen molar-refractivity contribution in [2.75, 3.05) is 12.0 Å². The zero-order chi connectivity index (χ0) is 14.0. The van der Waals surface area contributed by atoms with Crippen LogP contribution in [-0.4, -0.2) is 36.2 Å². The first-order valence-corrected chi connectivity index (χ1v) is 5.53. The van der Waals surface area contributed by atoms with E-state index < -0.39 is 30.4 Å². The molecule has 0 saturated carbocycles. The van der Waals surface area contributed by atoms with Gasteiger partial charge in [-0.15, -0.1) is 0 Å². The molecule has 3 amide bonds. The Morgan fingerprint density at radius 3 is 2.53 bits per heavy atom. The van der Waals surface area contributed by atoms with Gasteiger partial charge in [-0.05, 0) is 24.3 Å². The van der Waals surface area contributed by atoms with Crippen molar-refractivity contribution in [1.29, 1.82) is 0 Å². The molecular formula is C12H12N2O5. The van der Waals surface area contributed by atoms with Crippen LogP contribution < -0.4 is 15.0 Å². The van der Waals surface area contributed by atoms with Crippen molar-refractivity contribution in [3.05, 3.63) is 24.3 Å². The Labute approximate surface area is 108 Å². The smallest absolute Gasteiger partial charge is 0.329 e. The molecule has 1 aliphatic heterocycles. The Kier molecular flexibility index (Phi) is 3.37. The Hall–Kier alpha value is -2.57. The molecule has 1 fully saturated rings. The molecule has 7 nitrogen and oxygen atoms in total. The summed E-state index contributed by atoms with van der Waals surface area (Å²) < 4.78 is 4.98. The van der Waals surface area contributed by atoms with E-state index >= 15 is 0 Å². The predicted molar refractivity (Wildman–Crippen MR) is 65.1 cm³/mol. The SMILES string of the molecule is COc1ccc(N2C(=O)NC(CC(=O)O)C2=O)cc1. The van der Waals surface area contributed by atoms with Gasteiger partial charge in [0.25, 0.3) is 5.91 Å². The number of carbonyl (C=O) groups excluding carboxylic acids is 2. The number of urea groups is 1. The fourth-order valence-corrected chi connectivity index (χ4v) is 1.82. The molecule has 0 aromatic heterocycles. The molecule has 0 aliphatic carbocycles. The molecule has 1 aromatic rings. The summed E-state index contributed by atoms with van der Waals surface area (Å²) >= 11 is 0. The molecule has 1 heterocycles. The van der Waals surface area contributed by atoms with Gasteiger partial charge in [-0.2, -0.15) is 0 Å². The second kappa shape index (κ2) is 4.97. The van der Waals surface area contributed by atoms with E-state index in [0.717, 1.165) is 4.90 Å². The normalized spacial score (nSPS) is 18.4. The molecule has 7 heteroatoms. The standard InChI is InChI=1S/C12H12N2O5/c1-19-8-4-2-7(3-5-8)14-11(17)9(6-10(15)16)13-12(14)18/h2-5,9H,6H2,1H3,(H,13,18)(H,15,16). The van der Waals surface area contributed by atoms with E-state index in [4.69, 9.17) is 9.84 Å². The van der Waals surface area contributed by atoms with Crippen LogP contribution in [0.4, 0.5) is 10.5 Å². The minimum Gasteiger partial charge on any atom is -0.497 e. The highest BCUT2D eigenvalue weighted by atomic mass is 16.5. The van der Waals surface area contributed by atoms with Crippen LogP contribution in [-0.2, 0) is 9.59 Å². The molecule has 0 spiro atoms. The maximum atomic E-state index is 12.0. The third kappa shape index (κ3) is 2.49. The fraction of sp³-hybridized carbons (Fsp3) is 0.250. The number of imide groups is 1. The molecule has 1 aliphatic rings. The number of amides is 3. The van der Waals surface area contributed by atoms with Crippen molar-refractivity contribution in [2.24, 2.45) is 0 Å². The number of carboxylic acids is 1. The zero-order valence-electron chi connectivity index (χ0n) is 10.1. The van der Waals surface area contributed by atoms with Gasteiger partial charge in [-0.25, -0.2) is 9.69 Å². The summed E-state index contributed by atoms with van der Waals surface area (Å²) in [4.78, 5) is 35.2. The van der Waals surface area contributed by atoms with E-state index in [1.54, 1.807) is 24.3 Å². The number of carboxylic acid groups (broad SMARTS) is 1. The van der Waals surface area contributed by atoms with Crippen molar-refractivity contribution in [3.63, 3.8) is 0 Å². The van der Waals surface area contributed by atoms with E-state index in [1.165, 1.54) is 7.11 Å². The minimum absolute atomic E-state index is 0.371. The molecular weight excluding hydrogens is 252 g/mol. The van der Waals surface area contributed by atoms with E-state index in [2.05, 4.69) is 5.32 Å². The van der Waals surface area contributed by atoms with Gasteiger partial charge in [-0.1, -0.05) is 0 Å². The minimum atomic E-state index is -1.14. The highest BCUT2D eigenvalue weighted by Crippen LogP contribution is 2.23. The number of methoxy groups -OCH3 is 1. The molecule has 0 bridgehead atoms. The van der Waals surface area contributed by atoms with E-state index in [0.29, 0.717) is 11.4 Å². The van der Waals surface area contributed by atoms with E-state index in [9.17, 15) is 14.4 Å². The molecule has 1 aromatic carbocycles. The second-order valence-corrected chi connectivity index (χ2v) is 3.97. The third-order valence-electron chi connectivity index (χ3n) is 2.73. The number of nitrogens with one attached hydrogen (secondary N) is 1. The number of hydrogen-bond donors (Lipinski definition) is 2. The Bertz CT molecular complexity index is 525. The fourth-order valence-electron chi connectivity index (χ4n) is 1.82. The molecule has 0 radical (unpaired) electrons. The zero-order valence-corrected chi connectivity index (χ0v) is 10.1. The lowest BCUT2D eigenvalue weighted by Crippen LogP contribution is -2.32. The van der Waals surface area contributed by atoms with Gasteiger partial charge in [0.1, 0.15) is 11.8 Å². The molecule has 2 N–H and O–H groups in total. The largest absolute Gasteiger partial charge is 0.497 e. The monoisotopic (exact) mass is 264 g/mol. The van der Waals surface area contributed by atoms with Crippen molar-refractivity contribution in [1.82, 2.24) is 5.32 Å². The van der Waals surface area contributed by atoms with Gasteiger partial charge in [0, 0.05) is 0 Å². The summed E-state index contributed by atoms with van der Waals surface area (Å²) in [6, 6.07) is 4.69. The number of carbonyl (C=O) groups is 3. The lowest BCUT2D eigenvalue weighted by atomic mass is 10.2. The number of nitrogens with zero attached hydrogens (tertiary/aromatic N) is 1. The predicted octanol–water partition coefficient (Wildman–Crippen LogP) is 0.595. The maximum Gasteiger partial charge on any atom is 0.329 e. The number of benzene rings is 1. The van der Waals surface area contributed by atoms with E-state index in [-0.39, 0.29) is 0 Å². The van der Waals surface area contributed by atoms with Gasteiger partial charge in [0.2, 0.25) is 0 Å². The van der Waals surface area contributed by atoms with Crippen LogP contribution in [0.3, 0.4) is 0 Å². The quantitative estimate of drug-likeness (QED) is 0.776. The summed E-state index contributed by atoms with van der Waals surface area (Å²) in [6.45, 7) is 0. The maximum absolute atomic E-state index is 12.0. The third-order valence-corrected chi connectivity index (χ3v) is 2.73. The van der Waals surface area contributed by atoms with Crippen LogP contribution in [0.25, 0.3) is 0 Å². The van der Waals surface area contributed by atoms with Crippen LogP contribution >= 0.6 is 0 Å². The highest BCUT2D eigenvalue weighted by molar-refractivity contribution is 6.21. The summed E-state index contributed by atoms with van der Waals surface area (Å²) in [6.07, 6.45) is -0.433. The Morgan fingerprint density at radius 1 is 1.37 bits per heavy atom. The van der Waals surface area contributed by atoms with Gasteiger partial charge in [-0.3, -0.25) is 9.59 Å². The topological polar surface area (TPSA) is 95.9 Å². The first-order chi connectivity index (χ1) is 9.02. The van der Waals surface area contributed by atoms with Crippen LogP contribution in [0.15, 0.2) is 24.3 Å². The van der Waals surface area contributed by atoms with E-state index in [1.807, 2.05) is 0 Å². The van der Waals surface area contributed by atoms with Crippen molar-refractivity contribution >= 4 is 23.6 Å². The first kappa shape index (κ1) is 12.9. The lowest BCUT2D eigenvalue weighted by molar-refractivity contribution is -0.139. The average molecular weight is 264 g/mol. The van der Waals surface area contributed by atoms with Gasteiger partial charge in [0.15, 0.2) is 0 Å². The van der Waals surface area contributed by atoms with Crippen LogP contribution in [0.5, 0.6) is 5.75 Å². The molecule has 1 saturated heterocycles. The van der Waals surface area contributed by atoms with Crippen LogP contribution in [0.2, 0.25) is 0 Å². The highest BCUT2D eigenvalue weighted by Gasteiger charge is 2.39. The molecule has 19 heavy (non-hydrogen) atoms. The number of ether oxygens (including phenoxy) is 1. The average Bonchev–Trinajstić information content (AvgIpc) is 2.64.